The SMILES string of the molecule is CN1CCC(NC2CC(C)(C)OC2(C)C)C1. The molecule has 0 spiro atoms. The number of ether oxygens (including phenoxy) is 1. The Kier molecular flexibility index (Phi) is 3.06. The smallest absolute Gasteiger partial charge is 0.0787 e. The second kappa shape index (κ2) is 3.97. The van der Waals surface area contributed by atoms with Gasteiger partial charge in [0.05, 0.1) is 11.2 Å². The second-order valence-corrected chi connectivity index (χ2v) is 6.64. The van der Waals surface area contributed by atoms with Gasteiger partial charge in [0, 0.05) is 18.6 Å². The molecule has 2 atom stereocenters. The number of nitrogens with one attached hydrogen (secondary N) is 1. The standard InChI is InChI=1S/C13H26N2O/c1-12(2)8-11(13(3,4)16-12)14-10-6-7-15(5)9-10/h10-11,14H,6-9H2,1-5H3. The van der Waals surface area contributed by atoms with E-state index < -0.39 is 0 Å². The van der Waals surface area contributed by atoms with E-state index in [-0.39, 0.29) is 11.2 Å². The van der Waals surface area contributed by atoms with Gasteiger partial charge in [-0.05, 0) is 54.1 Å². The van der Waals surface area contributed by atoms with Crippen LogP contribution in [0.2, 0.25) is 0 Å². The zero-order valence-corrected chi connectivity index (χ0v) is 11.3. The van der Waals surface area contributed by atoms with E-state index in [1.807, 2.05) is 0 Å². The summed E-state index contributed by atoms with van der Waals surface area (Å²) in [6.45, 7) is 11.2. The molecule has 0 aromatic carbocycles. The van der Waals surface area contributed by atoms with Crippen molar-refractivity contribution in [2.24, 2.45) is 0 Å². The lowest BCUT2D eigenvalue weighted by Gasteiger charge is -2.29. The average Bonchev–Trinajstić information content (AvgIpc) is 2.55. The molecule has 0 radical (unpaired) electrons. The summed E-state index contributed by atoms with van der Waals surface area (Å²) in [4.78, 5) is 2.39. The van der Waals surface area contributed by atoms with E-state index in [0.717, 1.165) is 6.42 Å². The highest BCUT2D eigenvalue weighted by molar-refractivity contribution is 5.00. The van der Waals surface area contributed by atoms with Crippen molar-refractivity contribution in [3.8, 4) is 0 Å². The monoisotopic (exact) mass is 226 g/mol. The van der Waals surface area contributed by atoms with Crippen LogP contribution in [0.3, 0.4) is 0 Å². The molecule has 3 heteroatoms. The summed E-state index contributed by atoms with van der Waals surface area (Å²) in [6, 6.07) is 1.13. The Morgan fingerprint density at radius 2 is 1.94 bits per heavy atom. The Labute approximate surface area is 99.5 Å². The van der Waals surface area contributed by atoms with Crippen LogP contribution in [-0.2, 0) is 4.74 Å². The molecule has 2 aliphatic heterocycles. The fourth-order valence-corrected chi connectivity index (χ4v) is 3.18. The minimum atomic E-state index is -0.0370. The first-order valence-corrected chi connectivity index (χ1v) is 6.43. The van der Waals surface area contributed by atoms with Crippen molar-refractivity contribution in [2.45, 2.75) is 63.8 Å². The maximum absolute atomic E-state index is 6.11. The summed E-state index contributed by atoms with van der Waals surface area (Å²) < 4.78 is 6.11. The summed E-state index contributed by atoms with van der Waals surface area (Å²) in [5.74, 6) is 0. The summed E-state index contributed by atoms with van der Waals surface area (Å²) in [6.07, 6.45) is 2.38. The molecule has 1 N–H and O–H groups in total. The number of nitrogens with zero attached hydrogens (tertiary/aromatic N) is 1. The molecule has 2 aliphatic rings. The number of hydrogen-bond donors (Lipinski definition) is 1. The van der Waals surface area contributed by atoms with E-state index in [2.05, 4.69) is 45.0 Å². The molecular weight excluding hydrogens is 200 g/mol. The molecule has 0 aromatic rings. The van der Waals surface area contributed by atoms with E-state index in [0.29, 0.717) is 12.1 Å². The third kappa shape index (κ3) is 2.58. The maximum atomic E-state index is 6.11. The average molecular weight is 226 g/mol. The quantitative estimate of drug-likeness (QED) is 0.774. The summed E-state index contributed by atoms with van der Waals surface area (Å²) in [5, 5.41) is 3.79. The number of likely N-dealkylation sites (N-methyl/N-ethyl adjacent to an activating group) is 1. The van der Waals surface area contributed by atoms with Crippen LogP contribution in [0.4, 0.5) is 0 Å². The predicted molar refractivity (Wildman–Crippen MR) is 66.7 cm³/mol. The van der Waals surface area contributed by atoms with E-state index in [1.165, 1.54) is 19.5 Å². The molecule has 2 fully saturated rings. The van der Waals surface area contributed by atoms with Gasteiger partial charge in [0.25, 0.3) is 0 Å². The van der Waals surface area contributed by atoms with Gasteiger partial charge in [0.15, 0.2) is 0 Å². The number of hydrogen-bond acceptors (Lipinski definition) is 3. The zero-order chi connectivity index (χ0) is 12.0. The molecule has 2 saturated heterocycles. The van der Waals surface area contributed by atoms with Crippen LogP contribution in [0, 0.1) is 0 Å². The molecule has 2 rings (SSSR count). The molecule has 0 aromatic heterocycles. The van der Waals surface area contributed by atoms with Crippen molar-refractivity contribution in [1.82, 2.24) is 10.2 Å². The van der Waals surface area contributed by atoms with E-state index in [1.54, 1.807) is 0 Å². The van der Waals surface area contributed by atoms with Crippen LogP contribution >= 0.6 is 0 Å². The third-order valence-corrected chi connectivity index (χ3v) is 3.90. The van der Waals surface area contributed by atoms with Crippen molar-refractivity contribution in [3.05, 3.63) is 0 Å². The van der Waals surface area contributed by atoms with Crippen LogP contribution in [0.15, 0.2) is 0 Å². The van der Waals surface area contributed by atoms with Crippen LogP contribution in [0.1, 0.15) is 40.5 Å². The highest BCUT2D eigenvalue weighted by Gasteiger charge is 2.46. The van der Waals surface area contributed by atoms with Gasteiger partial charge in [-0.2, -0.15) is 0 Å². The number of rotatable bonds is 2. The summed E-state index contributed by atoms with van der Waals surface area (Å²) in [7, 11) is 2.20. The molecule has 16 heavy (non-hydrogen) atoms. The minimum Gasteiger partial charge on any atom is -0.368 e. The van der Waals surface area contributed by atoms with Crippen LogP contribution < -0.4 is 5.32 Å². The molecule has 2 unspecified atom stereocenters. The van der Waals surface area contributed by atoms with E-state index >= 15 is 0 Å². The molecule has 0 aliphatic carbocycles. The Morgan fingerprint density at radius 1 is 1.25 bits per heavy atom. The molecule has 3 nitrogen and oxygen atoms in total. The van der Waals surface area contributed by atoms with E-state index in [9.17, 15) is 0 Å². The molecule has 2 heterocycles. The Balaban J connectivity index is 1.94. The van der Waals surface area contributed by atoms with Crippen LogP contribution in [0.5, 0.6) is 0 Å². The first kappa shape index (κ1) is 12.3. The van der Waals surface area contributed by atoms with Gasteiger partial charge >= 0.3 is 0 Å². The lowest BCUT2D eigenvalue weighted by Crippen LogP contribution is -2.48. The second-order valence-electron chi connectivity index (χ2n) is 6.64. The normalized spacial score (nSPS) is 38.1. The van der Waals surface area contributed by atoms with Crippen LogP contribution in [-0.4, -0.2) is 48.3 Å². The highest BCUT2D eigenvalue weighted by atomic mass is 16.5. The Morgan fingerprint density at radius 3 is 2.38 bits per heavy atom. The fraction of sp³-hybridized carbons (Fsp3) is 1.00. The van der Waals surface area contributed by atoms with Crippen LogP contribution in [0.25, 0.3) is 0 Å². The van der Waals surface area contributed by atoms with Gasteiger partial charge in [0.1, 0.15) is 0 Å². The zero-order valence-electron chi connectivity index (χ0n) is 11.3. The summed E-state index contributed by atoms with van der Waals surface area (Å²) >= 11 is 0. The predicted octanol–water partition coefficient (Wildman–Crippen LogP) is 1.63. The molecule has 0 amide bonds. The minimum absolute atomic E-state index is 0.0195. The van der Waals surface area contributed by atoms with Gasteiger partial charge < -0.3 is 15.0 Å². The Bertz CT molecular complexity index is 263. The lowest BCUT2D eigenvalue weighted by atomic mass is 9.93. The third-order valence-electron chi connectivity index (χ3n) is 3.90. The van der Waals surface area contributed by atoms with Gasteiger partial charge in [0.2, 0.25) is 0 Å². The number of likely N-dealkylation sites (tertiary alicyclic amines) is 1. The Hall–Kier alpha value is -0.120. The molecular formula is C13H26N2O. The lowest BCUT2D eigenvalue weighted by molar-refractivity contribution is -0.0703. The maximum Gasteiger partial charge on any atom is 0.0787 e. The first-order valence-electron chi connectivity index (χ1n) is 6.43. The van der Waals surface area contributed by atoms with Crippen molar-refractivity contribution in [2.75, 3.05) is 20.1 Å². The van der Waals surface area contributed by atoms with Crippen molar-refractivity contribution >= 4 is 0 Å². The van der Waals surface area contributed by atoms with Crippen molar-refractivity contribution < 1.29 is 4.74 Å². The van der Waals surface area contributed by atoms with Gasteiger partial charge in [-0.1, -0.05) is 0 Å². The van der Waals surface area contributed by atoms with Gasteiger partial charge in [-0.15, -0.1) is 0 Å². The largest absolute Gasteiger partial charge is 0.368 e. The van der Waals surface area contributed by atoms with Crippen molar-refractivity contribution in [1.29, 1.82) is 0 Å². The molecule has 0 saturated carbocycles. The molecule has 0 bridgehead atoms. The van der Waals surface area contributed by atoms with E-state index in [4.69, 9.17) is 4.74 Å². The van der Waals surface area contributed by atoms with Gasteiger partial charge in [-0.25, -0.2) is 0 Å². The fourth-order valence-electron chi connectivity index (χ4n) is 3.18. The molecule has 94 valence electrons. The van der Waals surface area contributed by atoms with Crippen molar-refractivity contribution in [3.63, 3.8) is 0 Å². The highest BCUT2D eigenvalue weighted by Crippen LogP contribution is 2.37. The van der Waals surface area contributed by atoms with Gasteiger partial charge in [-0.3, -0.25) is 0 Å². The topological polar surface area (TPSA) is 24.5 Å². The first-order chi connectivity index (χ1) is 7.28. The summed E-state index contributed by atoms with van der Waals surface area (Å²) in [5.41, 5.74) is -0.0175.